The van der Waals surface area contributed by atoms with Gasteiger partial charge >= 0.3 is 0 Å². The highest BCUT2D eigenvalue weighted by atomic mass is 32.2. The van der Waals surface area contributed by atoms with Gasteiger partial charge in [0.25, 0.3) is 0 Å². The molecule has 1 saturated heterocycles. The van der Waals surface area contributed by atoms with Crippen molar-refractivity contribution in [2.24, 2.45) is 4.99 Å². The summed E-state index contributed by atoms with van der Waals surface area (Å²) in [5.74, 6) is 1.13. The molecule has 3 nitrogen and oxygen atoms in total. The van der Waals surface area contributed by atoms with Gasteiger partial charge in [0.15, 0.2) is 5.17 Å². The van der Waals surface area contributed by atoms with Gasteiger partial charge in [-0.1, -0.05) is 49.0 Å². The van der Waals surface area contributed by atoms with E-state index in [-0.39, 0.29) is 0 Å². The SMILES string of the molecule is CCN(CCN=C1NC(Cc2ccccc2)CS1)C1CC1. The lowest BCUT2D eigenvalue weighted by Gasteiger charge is -2.18. The van der Waals surface area contributed by atoms with Crippen LogP contribution in [0.4, 0.5) is 0 Å². The van der Waals surface area contributed by atoms with Crippen molar-refractivity contribution >= 4 is 16.9 Å². The molecule has 1 saturated carbocycles. The number of benzene rings is 1. The van der Waals surface area contributed by atoms with Crippen LogP contribution in [0.25, 0.3) is 0 Å². The fourth-order valence-electron chi connectivity index (χ4n) is 2.86. The van der Waals surface area contributed by atoms with E-state index >= 15 is 0 Å². The van der Waals surface area contributed by atoms with Crippen LogP contribution >= 0.6 is 11.8 Å². The Bertz CT molecular complexity index is 470. The molecule has 1 unspecified atom stereocenters. The predicted molar refractivity (Wildman–Crippen MR) is 92.1 cm³/mol. The molecule has 2 fully saturated rings. The third-order valence-electron chi connectivity index (χ3n) is 4.19. The molecule has 21 heavy (non-hydrogen) atoms. The van der Waals surface area contributed by atoms with Crippen molar-refractivity contribution in [2.45, 2.75) is 38.3 Å². The molecule has 1 aliphatic heterocycles. The number of hydrogen-bond donors (Lipinski definition) is 1. The minimum absolute atomic E-state index is 0.530. The molecule has 1 aromatic carbocycles. The number of rotatable bonds is 7. The Morgan fingerprint density at radius 2 is 2.10 bits per heavy atom. The number of nitrogens with zero attached hydrogens (tertiary/aromatic N) is 2. The van der Waals surface area contributed by atoms with E-state index in [1.165, 1.54) is 18.4 Å². The van der Waals surface area contributed by atoms with Gasteiger partial charge in [0.1, 0.15) is 0 Å². The fraction of sp³-hybridized carbons (Fsp3) is 0.588. The van der Waals surface area contributed by atoms with E-state index in [0.717, 1.165) is 43.0 Å². The lowest BCUT2D eigenvalue weighted by Crippen LogP contribution is -2.31. The molecule has 1 heterocycles. The minimum Gasteiger partial charge on any atom is -0.361 e. The summed E-state index contributed by atoms with van der Waals surface area (Å²) in [5, 5.41) is 4.71. The molecule has 1 aromatic rings. The molecule has 0 bridgehead atoms. The van der Waals surface area contributed by atoms with Gasteiger partial charge in [-0.25, -0.2) is 0 Å². The van der Waals surface area contributed by atoms with Crippen molar-refractivity contribution in [1.82, 2.24) is 10.2 Å². The van der Waals surface area contributed by atoms with Crippen LogP contribution in [-0.4, -0.2) is 47.5 Å². The average Bonchev–Trinajstić information content (AvgIpc) is 3.26. The van der Waals surface area contributed by atoms with Crippen LogP contribution in [0, 0.1) is 0 Å². The van der Waals surface area contributed by atoms with E-state index in [4.69, 9.17) is 4.99 Å². The number of thioether (sulfide) groups is 1. The standard InChI is InChI=1S/C17H25N3S/c1-2-20(16-8-9-16)11-10-18-17-19-15(13-21-17)12-14-6-4-3-5-7-14/h3-7,15-16H,2,8-13H2,1H3,(H,18,19). The molecule has 1 atom stereocenters. The summed E-state index contributed by atoms with van der Waals surface area (Å²) in [6.45, 7) is 5.45. The summed E-state index contributed by atoms with van der Waals surface area (Å²) in [6, 6.07) is 12.1. The lowest BCUT2D eigenvalue weighted by atomic mass is 10.1. The average molecular weight is 303 g/mol. The van der Waals surface area contributed by atoms with E-state index in [2.05, 4.69) is 47.5 Å². The molecule has 4 heteroatoms. The van der Waals surface area contributed by atoms with Crippen molar-refractivity contribution < 1.29 is 0 Å². The van der Waals surface area contributed by atoms with E-state index < -0.39 is 0 Å². The summed E-state index contributed by atoms with van der Waals surface area (Å²) in [7, 11) is 0. The Morgan fingerprint density at radius 1 is 1.29 bits per heavy atom. The second-order valence-electron chi connectivity index (χ2n) is 5.89. The van der Waals surface area contributed by atoms with E-state index in [1.807, 2.05) is 11.8 Å². The third kappa shape index (κ3) is 4.48. The van der Waals surface area contributed by atoms with E-state index in [9.17, 15) is 0 Å². The number of aliphatic imine (C=N–C) groups is 1. The quantitative estimate of drug-likeness (QED) is 0.839. The van der Waals surface area contributed by atoms with Gasteiger partial charge in [-0.2, -0.15) is 0 Å². The maximum Gasteiger partial charge on any atom is 0.156 e. The number of likely N-dealkylation sites (N-methyl/N-ethyl adjacent to an activating group) is 1. The maximum absolute atomic E-state index is 4.74. The van der Waals surface area contributed by atoms with Gasteiger partial charge in [0, 0.05) is 24.4 Å². The Balaban J connectivity index is 1.42. The first-order valence-corrected chi connectivity index (χ1v) is 9.05. The van der Waals surface area contributed by atoms with Crippen LogP contribution in [0.5, 0.6) is 0 Å². The maximum atomic E-state index is 4.74. The summed E-state index contributed by atoms with van der Waals surface area (Å²) >= 11 is 1.87. The molecule has 0 spiro atoms. The van der Waals surface area contributed by atoms with Crippen LogP contribution in [0.15, 0.2) is 35.3 Å². The van der Waals surface area contributed by atoms with E-state index in [1.54, 1.807) is 0 Å². The van der Waals surface area contributed by atoms with Crippen LogP contribution in [0.3, 0.4) is 0 Å². The molecular formula is C17H25N3S. The zero-order valence-electron chi connectivity index (χ0n) is 12.8. The smallest absolute Gasteiger partial charge is 0.156 e. The zero-order chi connectivity index (χ0) is 14.5. The Hall–Kier alpha value is -1.00. The largest absolute Gasteiger partial charge is 0.361 e. The zero-order valence-corrected chi connectivity index (χ0v) is 13.6. The van der Waals surface area contributed by atoms with Crippen LogP contribution in [-0.2, 0) is 6.42 Å². The van der Waals surface area contributed by atoms with Crippen LogP contribution in [0.1, 0.15) is 25.3 Å². The van der Waals surface area contributed by atoms with Crippen LogP contribution < -0.4 is 5.32 Å². The normalized spacial score (nSPS) is 23.7. The van der Waals surface area contributed by atoms with Gasteiger partial charge in [-0.15, -0.1) is 0 Å². The Labute approximate surface area is 132 Å². The lowest BCUT2D eigenvalue weighted by molar-refractivity contribution is 0.286. The highest BCUT2D eigenvalue weighted by Gasteiger charge is 2.27. The number of hydrogen-bond acceptors (Lipinski definition) is 3. The topological polar surface area (TPSA) is 27.6 Å². The van der Waals surface area contributed by atoms with Crippen molar-refractivity contribution in [1.29, 1.82) is 0 Å². The van der Waals surface area contributed by atoms with E-state index in [0.29, 0.717) is 6.04 Å². The van der Waals surface area contributed by atoms with Gasteiger partial charge < -0.3 is 5.32 Å². The van der Waals surface area contributed by atoms with Gasteiger partial charge in [-0.3, -0.25) is 9.89 Å². The summed E-state index contributed by atoms with van der Waals surface area (Å²) < 4.78 is 0. The Morgan fingerprint density at radius 3 is 2.81 bits per heavy atom. The molecule has 0 radical (unpaired) electrons. The van der Waals surface area contributed by atoms with Crippen molar-refractivity contribution in [2.75, 3.05) is 25.4 Å². The molecule has 1 N–H and O–H groups in total. The monoisotopic (exact) mass is 303 g/mol. The first kappa shape index (κ1) is 14.9. The number of nitrogens with one attached hydrogen (secondary N) is 1. The van der Waals surface area contributed by atoms with Gasteiger partial charge in [0.2, 0.25) is 0 Å². The van der Waals surface area contributed by atoms with Crippen molar-refractivity contribution in [3.05, 3.63) is 35.9 Å². The fourth-order valence-corrected chi connectivity index (χ4v) is 3.85. The summed E-state index contributed by atoms with van der Waals surface area (Å²) in [5.41, 5.74) is 1.41. The van der Waals surface area contributed by atoms with Crippen molar-refractivity contribution in [3.63, 3.8) is 0 Å². The summed E-state index contributed by atoms with van der Waals surface area (Å²) in [6.07, 6.45) is 3.86. The molecular weight excluding hydrogens is 278 g/mol. The molecule has 0 amide bonds. The second kappa shape index (κ2) is 7.32. The molecule has 114 valence electrons. The first-order valence-electron chi connectivity index (χ1n) is 8.07. The molecule has 0 aromatic heterocycles. The highest BCUT2D eigenvalue weighted by molar-refractivity contribution is 8.14. The van der Waals surface area contributed by atoms with Gasteiger partial charge in [-0.05, 0) is 31.4 Å². The summed E-state index contributed by atoms with van der Waals surface area (Å²) in [4.78, 5) is 7.30. The van der Waals surface area contributed by atoms with Gasteiger partial charge in [0.05, 0.1) is 6.54 Å². The number of amidine groups is 1. The molecule has 2 aliphatic rings. The molecule has 1 aliphatic carbocycles. The molecule has 3 rings (SSSR count). The Kier molecular flexibility index (Phi) is 5.20. The highest BCUT2D eigenvalue weighted by Crippen LogP contribution is 2.26. The minimum atomic E-state index is 0.530. The van der Waals surface area contributed by atoms with Crippen LogP contribution in [0.2, 0.25) is 0 Å². The first-order chi connectivity index (χ1) is 10.3. The predicted octanol–water partition coefficient (Wildman–Crippen LogP) is 2.77. The second-order valence-corrected chi connectivity index (χ2v) is 6.90. The van der Waals surface area contributed by atoms with Crippen molar-refractivity contribution in [3.8, 4) is 0 Å². The third-order valence-corrected chi connectivity index (χ3v) is 5.28.